The predicted molar refractivity (Wildman–Crippen MR) is 93.7 cm³/mol. The SMILES string of the molecule is CC(N)C(C)C(=O)NCc1ccc(OC(C)(C)C)cc1C(F)(F)F.Cl. The van der Waals surface area contributed by atoms with Crippen LogP contribution in [0.4, 0.5) is 13.2 Å². The molecule has 1 rings (SSSR count). The summed E-state index contributed by atoms with van der Waals surface area (Å²) in [6.07, 6.45) is -4.54. The Bertz CT molecular complexity index is 584. The van der Waals surface area contributed by atoms with Crippen LogP contribution in [0.1, 0.15) is 45.7 Å². The van der Waals surface area contributed by atoms with E-state index in [-0.39, 0.29) is 42.2 Å². The minimum atomic E-state index is -4.54. The topological polar surface area (TPSA) is 64.4 Å². The fourth-order valence-corrected chi connectivity index (χ4v) is 1.97. The quantitative estimate of drug-likeness (QED) is 0.811. The van der Waals surface area contributed by atoms with E-state index in [2.05, 4.69) is 5.32 Å². The van der Waals surface area contributed by atoms with Gasteiger partial charge in [-0.2, -0.15) is 13.2 Å². The summed E-state index contributed by atoms with van der Waals surface area (Å²) >= 11 is 0. The van der Waals surface area contributed by atoms with Crippen LogP contribution >= 0.6 is 12.4 Å². The normalized spacial score (nSPS) is 14.3. The van der Waals surface area contributed by atoms with Gasteiger partial charge < -0.3 is 15.8 Å². The highest BCUT2D eigenvalue weighted by Crippen LogP contribution is 2.35. The molecular formula is C17H26ClF3N2O2. The summed E-state index contributed by atoms with van der Waals surface area (Å²) in [7, 11) is 0. The van der Waals surface area contributed by atoms with Crippen molar-refractivity contribution in [2.45, 2.75) is 59.0 Å². The van der Waals surface area contributed by atoms with E-state index < -0.39 is 23.3 Å². The molecule has 3 N–H and O–H groups in total. The molecule has 0 bridgehead atoms. The number of amides is 1. The third-order valence-corrected chi connectivity index (χ3v) is 3.47. The fourth-order valence-electron chi connectivity index (χ4n) is 1.97. The van der Waals surface area contributed by atoms with Crippen molar-refractivity contribution < 1.29 is 22.7 Å². The second-order valence-corrected chi connectivity index (χ2v) is 6.90. The summed E-state index contributed by atoms with van der Waals surface area (Å²) in [5, 5.41) is 2.50. The van der Waals surface area contributed by atoms with Crippen molar-refractivity contribution in [2.24, 2.45) is 11.7 Å². The van der Waals surface area contributed by atoms with E-state index in [9.17, 15) is 18.0 Å². The largest absolute Gasteiger partial charge is 0.488 e. The lowest BCUT2D eigenvalue weighted by Crippen LogP contribution is -2.38. The molecule has 8 heteroatoms. The first-order chi connectivity index (χ1) is 10.8. The summed E-state index contributed by atoms with van der Waals surface area (Å²) in [6.45, 7) is 8.34. The van der Waals surface area contributed by atoms with Crippen molar-refractivity contribution >= 4 is 18.3 Å². The van der Waals surface area contributed by atoms with E-state index in [1.165, 1.54) is 12.1 Å². The molecule has 4 nitrogen and oxygen atoms in total. The van der Waals surface area contributed by atoms with E-state index in [0.717, 1.165) is 6.07 Å². The van der Waals surface area contributed by atoms with Crippen LogP contribution in [0.3, 0.4) is 0 Å². The minimum Gasteiger partial charge on any atom is -0.488 e. The maximum atomic E-state index is 13.3. The number of halogens is 4. The molecule has 0 aliphatic rings. The molecule has 1 aromatic carbocycles. The third-order valence-electron chi connectivity index (χ3n) is 3.47. The highest BCUT2D eigenvalue weighted by Gasteiger charge is 2.34. The molecule has 1 amide bonds. The molecule has 144 valence electrons. The van der Waals surface area contributed by atoms with Crippen molar-refractivity contribution in [1.29, 1.82) is 0 Å². The van der Waals surface area contributed by atoms with Gasteiger partial charge in [0, 0.05) is 18.5 Å². The summed E-state index contributed by atoms with van der Waals surface area (Å²) < 4.78 is 45.3. The molecule has 0 aromatic heterocycles. The molecule has 25 heavy (non-hydrogen) atoms. The van der Waals surface area contributed by atoms with Gasteiger partial charge >= 0.3 is 6.18 Å². The second kappa shape index (κ2) is 8.76. The van der Waals surface area contributed by atoms with Gasteiger partial charge in [0.1, 0.15) is 11.4 Å². The molecule has 0 fully saturated rings. The van der Waals surface area contributed by atoms with Gasteiger partial charge in [0.2, 0.25) is 5.91 Å². The Balaban J connectivity index is 0.00000576. The lowest BCUT2D eigenvalue weighted by Gasteiger charge is -2.23. The van der Waals surface area contributed by atoms with Crippen LogP contribution in [-0.2, 0) is 17.5 Å². The van der Waals surface area contributed by atoms with Gasteiger partial charge in [0.25, 0.3) is 0 Å². The van der Waals surface area contributed by atoms with Gasteiger partial charge in [-0.25, -0.2) is 0 Å². The molecular weight excluding hydrogens is 357 g/mol. The van der Waals surface area contributed by atoms with E-state index in [4.69, 9.17) is 10.5 Å². The zero-order valence-electron chi connectivity index (χ0n) is 15.0. The number of rotatable bonds is 5. The zero-order chi connectivity index (χ0) is 18.7. The van der Waals surface area contributed by atoms with Gasteiger partial charge in [0.15, 0.2) is 0 Å². The summed E-state index contributed by atoms with van der Waals surface area (Å²) in [5.74, 6) is -0.732. The maximum Gasteiger partial charge on any atom is 0.416 e. The fraction of sp³-hybridized carbons (Fsp3) is 0.588. The number of carbonyl (C=O) groups excluding carboxylic acids is 1. The Kier molecular flexibility index (Phi) is 8.24. The van der Waals surface area contributed by atoms with Gasteiger partial charge in [-0.3, -0.25) is 4.79 Å². The lowest BCUT2D eigenvalue weighted by atomic mass is 10.0. The number of hydrogen-bond donors (Lipinski definition) is 2. The predicted octanol–water partition coefficient (Wildman–Crippen LogP) is 3.90. The molecule has 0 saturated heterocycles. The Labute approximate surface area is 152 Å². The molecule has 0 spiro atoms. The number of ether oxygens (including phenoxy) is 1. The maximum absolute atomic E-state index is 13.3. The van der Waals surface area contributed by atoms with Gasteiger partial charge in [0.05, 0.1) is 5.56 Å². The van der Waals surface area contributed by atoms with Crippen molar-refractivity contribution in [3.8, 4) is 5.75 Å². The van der Waals surface area contributed by atoms with E-state index in [0.29, 0.717) is 0 Å². The molecule has 1 aromatic rings. The van der Waals surface area contributed by atoms with Gasteiger partial charge in [-0.1, -0.05) is 13.0 Å². The van der Waals surface area contributed by atoms with Gasteiger partial charge in [-0.05, 0) is 45.4 Å². The molecule has 0 aliphatic carbocycles. The number of hydrogen-bond acceptors (Lipinski definition) is 3. The lowest BCUT2D eigenvalue weighted by molar-refractivity contribution is -0.138. The summed E-state index contributed by atoms with van der Waals surface area (Å²) in [5.41, 5.74) is 4.18. The molecule has 2 atom stereocenters. The molecule has 0 radical (unpaired) electrons. The molecule has 2 unspecified atom stereocenters. The average Bonchev–Trinajstić information content (AvgIpc) is 2.41. The van der Waals surface area contributed by atoms with E-state index >= 15 is 0 Å². The Morgan fingerprint density at radius 2 is 1.80 bits per heavy atom. The molecule has 0 heterocycles. The highest BCUT2D eigenvalue weighted by molar-refractivity contribution is 5.85. The average molecular weight is 383 g/mol. The zero-order valence-corrected chi connectivity index (χ0v) is 15.8. The first-order valence-corrected chi connectivity index (χ1v) is 7.73. The number of carbonyl (C=O) groups is 1. The van der Waals surface area contributed by atoms with E-state index in [1.807, 2.05) is 0 Å². The minimum absolute atomic E-state index is 0. The van der Waals surface area contributed by atoms with Crippen molar-refractivity contribution in [2.75, 3.05) is 0 Å². The third kappa shape index (κ3) is 7.52. The van der Waals surface area contributed by atoms with Crippen LogP contribution in [0.5, 0.6) is 5.75 Å². The van der Waals surface area contributed by atoms with E-state index in [1.54, 1.807) is 34.6 Å². The molecule has 0 saturated carbocycles. The monoisotopic (exact) mass is 382 g/mol. The Hall–Kier alpha value is -1.47. The van der Waals surface area contributed by atoms with Crippen molar-refractivity contribution in [3.63, 3.8) is 0 Å². The Morgan fingerprint density at radius 1 is 1.24 bits per heavy atom. The highest BCUT2D eigenvalue weighted by atomic mass is 35.5. The smallest absolute Gasteiger partial charge is 0.416 e. The molecule has 0 aliphatic heterocycles. The van der Waals surface area contributed by atoms with Crippen LogP contribution in [0, 0.1) is 5.92 Å². The first-order valence-electron chi connectivity index (χ1n) is 7.73. The van der Waals surface area contributed by atoms with Gasteiger partial charge in [-0.15, -0.1) is 12.4 Å². The van der Waals surface area contributed by atoms with Crippen LogP contribution < -0.4 is 15.8 Å². The standard InChI is InChI=1S/C17H25F3N2O2.ClH/c1-10(11(2)21)15(23)22-9-12-6-7-13(24-16(3,4)5)8-14(12)17(18,19)20;/h6-8,10-11H,9,21H2,1-5H3,(H,22,23);1H. The van der Waals surface area contributed by atoms with Crippen LogP contribution in [0.2, 0.25) is 0 Å². The van der Waals surface area contributed by atoms with Crippen LogP contribution in [-0.4, -0.2) is 17.6 Å². The van der Waals surface area contributed by atoms with Crippen molar-refractivity contribution in [1.82, 2.24) is 5.32 Å². The van der Waals surface area contributed by atoms with Crippen LogP contribution in [0.15, 0.2) is 18.2 Å². The Morgan fingerprint density at radius 3 is 2.24 bits per heavy atom. The number of nitrogens with one attached hydrogen (secondary N) is 1. The summed E-state index contributed by atoms with van der Waals surface area (Å²) in [4.78, 5) is 11.9. The number of nitrogens with two attached hydrogens (primary N) is 1. The number of alkyl halides is 3. The second-order valence-electron chi connectivity index (χ2n) is 6.90. The first kappa shape index (κ1) is 23.5. The van der Waals surface area contributed by atoms with Crippen LogP contribution in [0.25, 0.3) is 0 Å². The van der Waals surface area contributed by atoms with Crippen molar-refractivity contribution in [3.05, 3.63) is 29.3 Å². The number of benzene rings is 1. The summed E-state index contributed by atoms with van der Waals surface area (Å²) in [6, 6.07) is 3.37.